The Kier molecular flexibility index (Phi) is 3.45. The zero-order chi connectivity index (χ0) is 8.27. The summed E-state index contributed by atoms with van der Waals surface area (Å²) in [6.45, 7) is -1.05. The van der Waals surface area contributed by atoms with Crippen molar-refractivity contribution in [1.29, 1.82) is 0 Å². The van der Waals surface area contributed by atoms with Gasteiger partial charge in [0.2, 0.25) is 0 Å². The molecule has 0 spiro atoms. The Morgan fingerprint density at radius 2 is 2.09 bits per heavy atom. The molecule has 0 aliphatic carbocycles. The summed E-state index contributed by atoms with van der Waals surface area (Å²) in [5.74, 6) is 0.788. The Morgan fingerprint density at radius 1 is 1.36 bits per heavy atom. The molecule has 1 aromatic rings. The van der Waals surface area contributed by atoms with Crippen LogP contribution >= 0.6 is 29.1 Å². The van der Waals surface area contributed by atoms with Crippen LogP contribution < -0.4 is 10.0 Å². The van der Waals surface area contributed by atoms with Crippen molar-refractivity contribution in [2.75, 3.05) is 7.11 Å². The average molecular weight is 209 g/mol. The number of methoxy groups -OCH3 is 1. The fourth-order valence-electron chi connectivity index (χ4n) is 0.716. The van der Waals surface area contributed by atoms with E-state index in [0.29, 0.717) is 0 Å². The highest BCUT2D eigenvalue weighted by molar-refractivity contribution is 8.08. The Morgan fingerprint density at radius 3 is 2.64 bits per heavy atom. The minimum atomic E-state index is -1.05. The van der Waals surface area contributed by atoms with Gasteiger partial charge in [-0.15, -0.1) is 0 Å². The Balaban J connectivity index is 2.91. The molecule has 0 saturated carbocycles. The largest absolute Gasteiger partial charge is 0.497 e. The second kappa shape index (κ2) is 4.15. The molecular weight excluding hydrogens is 202 g/mol. The first-order valence-electron chi connectivity index (χ1n) is 3.00. The van der Waals surface area contributed by atoms with Gasteiger partial charge in [0.1, 0.15) is 12.4 Å². The third-order valence-electron chi connectivity index (χ3n) is 1.25. The molecule has 4 heteroatoms. The molecule has 0 saturated heterocycles. The number of rotatable bonds is 2. The van der Waals surface area contributed by atoms with Gasteiger partial charge in [0, 0.05) is 5.30 Å². The molecule has 0 unspecified atom stereocenters. The van der Waals surface area contributed by atoms with Gasteiger partial charge in [-0.05, 0) is 12.1 Å². The Bertz CT molecular complexity index is 240. The maximum Gasteiger partial charge on any atom is 0.119 e. The molecule has 60 valence electrons. The Hall–Kier alpha value is 0.0300. The maximum atomic E-state index is 5.71. The van der Waals surface area contributed by atoms with E-state index >= 15 is 0 Å². The van der Waals surface area contributed by atoms with Crippen molar-refractivity contribution in [1.82, 2.24) is 0 Å². The van der Waals surface area contributed by atoms with E-state index in [-0.39, 0.29) is 0 Å². The van der Waals surface area contributed by atoms with Gasteiger partial charge in [-0.25, -0.2) is 0 Å². The van der Waals surface area contributed by atoms with Gasteiger partial charge in [0.05, 0.1) is 7.11 Å². The van der Waals surface area contributed by atoms with Gasteiger partial charge in [-0.3, -0.25) is 0 Å². The second-order valence-corrected chi connectivity index (χ2v) is 5.46. The molecule has 0 aromatic heterocycles. The molecule has 1 nitrogen and oxygen atoms in total. The standard InChI is InChI=1S/C7H7Cl2OP/c1-10-6-3-2-4-7(5-6)11(8)9/h2-5H,1H3. The molecule has 0 heterocycles. The lowest BCUT2D eigenvalue weighted by Gasteiger charge is -2.03. The lowest BCUT2D eigenvalue weighted by atomic mass is 10.3. The molecule has 0 N–H and O–H groups in total. The van der Waals surface area contributed by atoms with Crippen LogP contribution in [0.4, 0.5) is 0 Å². The molecule has 0 aliphatic rings. The third-order valence-corrected chi connectivity index (χ3v) is 3.09. The minimum Gasteiger partial charge on any atom is -0.497 e. The van der Waals surface area contributed by atoms with Gasteiger partial charge < -0.3 is 4.74 Å². The summed E-state index contributed by atoms with van der Waals surface area (Å²) in [6, 6.07) is 7.45. The lowest BCUT2D eigenvalue weighted by molar-refractivity contribution is 0.415. The summed E-state index contributed by atoms with van der Waals surface area (Å²) in [7, 11) is 1.61. The van der Waals surface area contributed by atoms with Crippen LogP contribution in [0.5, 0.6) is 5.75 Å². The van der Waals surface area contributed by atoms with E-state index in [1.54, 1.807) is 7.11 Å². The van der Waals surface area contributed by atoms with Gasteiger partial charge in [0.25, 0.3) is 0 Å². The monoisotopic (exact) mass is 208 g/mol. The zero-order valence-electron chi connectivity index (χ0n) is 5.92. The number of benzene rings is 1. The van der Waals surface area contributed by atoms with E-state index in [4.69, 9.17) is 27.2 Å². The van der Waals surface area contributed by atoms with Crippen LogP contribution in [0.1, 0.15) is 0 Å². The molecule has 11 heavy (non-hydrogen) atoms. The molecule has 0 atom stereocenters. The SMILES string of the molecule is COc1cccc(P(Cl)Cl)c1. The fourth-order valence-corrected chi connectivity index (χ4v) is 1.77. The fraction of sp³-hybridized carbons (Fsp3) is 0.143. The first kappa shape index (κ1) is 9.12. The normalized spacial score (nSPS) is 10.2. The highest BCUT2D eigenvalue weighted by atomic mass is 35.9. The van der Waals surface area contributed by atoms with Crippen molar-refractivity contribution in [3.05, 3.63) is 24.3 Å². The van der Waals surface area contributed by atoms with Gasteiger partial charge >= 0.3 is 0 Å². The molecule has 0 radical (unpaired) electrons. The van der Waals surface area contributed by atoms with E-state index < -0.39 is 6.63 Å². The third kappa shape index (κ3) is 2.52. The topological polar surface area (TPSA) is 9.23 Å². The summed E-state index contributed by atoms with van der Waals surface area (Å²) < 4.78 is 5.00. The molecule has 0 amide bonds. The minimum absolute atomic E-state index is 0.788. The quantitative estimate of drug-likeness (QED) is 0.680. The second-order valence-electron chi connectivity index (χ2n) is 1.93. The first-order valence-corrected chi connectivity index (χ1v) is 6.15. The number of ether oxygens (including phenoxy) is 1. The maximum absolute atomic E-state index is 5.71. The number of halogens is 2. The summed E-state index contributed by atoms with van der Waals surface area (Å²) >= 11 is 11.4. The predicted octanol–water partition coefficient (Wildman–Crippen LogP) is 3.11. The van der Waals surface area contributed by atoms with Crippen LogP contribution in [0.3, 0.4) is 0 Å². The lowest BCUT2D eigenvalue weighted by Crippen LogP contribution is -1.94. The summed E-state index contributed by atoms with van der Waals surface area (Å²) in [4.78, 5) is 0. The molecule has 0 aliphatic heterocycles. The van der Waals surface area contributed by atoms with E-state index in [2.05, 4.69) is 0 Å². The molecule has 0 fully saturated rings. The van der Waals surface area contributed by atoms with Crippen LogP contribution in [0, 0.1) is 0 Å². The molecule has 0 bridgehead atoms. The molecular formula is C7H7Cl2OP. The smallest absolute Gasteiger partial charge is 0.119 e. The van der Waals surface area contributed by atoms with Crippen molar-refractivity contribution >= 4 is 34.4 Å². The summed E-state index contributed by atoms with van der Waals surface area (Å²) in [6.07, 6.45) is 0. The summed E-state index contributed by atoms with van der Waals surface area (Å²) in [5.41, 5.74) is 0. The highest BCUT2D eigenvalue weighted by Crippen LogP contribution is 2.45. The molecule has 1 rings (SSSR count). The van der Waals surface area contributed by atoms with E-state index in [1.165, 1.54) is 0 Å². The van der Waals surface area contributed by atoms with Crippen molar-refractivity contribution in [2.45, 2.75) is 0 Å². The average Bonchev–Trinajstić information content (AvgIpc) is 2.05. The predicted molar refractivity (Wildman–Crippen MR) is 51.3 cm³/mol. The van der Waals surface area contributed by atoms with E-state index in [0.717, 1.165) is 11.1 Å². The van der Waals surface area contributed by atoms with Gasteiger partial charge in [-0.1, -0.05) is 34.6 Å². The van der Waals surface area contributed by atoms with Crippen LogP contribution in [0.25, 0.3) is 0 Å². The first-order chi connectivity index (χ1) is 5.24. The zero-order valence-corrected chi connectivity index (χ0v) is 8.33. The highest BCUT2D eigenvalue weighted by Gasteiger charge is 2.03. The van der Waals surface area contributed by atoms with Crippen molar-refractivity contribution < 1.29 is 4.74 Å². The van der Waals surface area contributed by atoms with Crippen molar-refractivity contribution in [2.24, 2.45) is 0 Å². The van der Waals surface area contributed by atoms with E-state index in [1.807, 2.05) is 24.3 Å². The van der Waals surface area contributed by atoms with Crippen LogP contribution in [0.15, 0.2) is 24.3 Å². The van der Waals surface area contributed by atoms with Crippen LogP contribution in [-0.2, 0) is 0 Å². The Labute approximate surface area is 76.6 Å². The molecule has 1 aromatic carbocycles. The number of hydrogen-bond donors (Lipinski definition) is 0. The van der Waals surface area contributed by atoms with Crippen molar-refractivity contribution in [3.63, 3.8) is 0 Å². The summed E-state index contributed by atoms with van der Waals surface area (Å²) in [5, 5.41) is 0.919. The van der Waals surface area contributed by atoms with Crippen LogP contribution in [0.2, 0.25) is 0 Å². The van der Waals surface area contributed by atoms with Crippen LogP contribution in [-0.4, -0.2) is 7.11 Å². The van der Waals surface area contributed by atoms with Gasteiger partial charge in [0.15, 0.2) is 0 Å². The van der Waals surface area contributed by atoms with Crippen molar-refractivity contribution in [3.8, 4) is 5.75 Å². The van der Waals surface area contributed by atoms with Gasteiger partial charge in [-0.2, -0.15) is 0 Å². The van der Waals surface area contributed by atoms with E-state index in [9.17, 15) is 0 Å². The number of hydrogen-bond acceptors (Lipinski definition) is 1.